The number of thiophene rings is 1. The van der Waals surface area contributed by atoms with E-state index < -0.39 is 18.0 Å². The molecule has 0 fully saturated rings. The molecule has 0 atom stereocenters. The van der Waals surface area contributed by atoms with Crippen molar-refractivity contribution >= 4 is 40.0 Å². The van der Waals surface area contributed by atoms with Gasteiger partial charge in [0, 0.05) is 0 Å². The molecule has 8 nitrogen and oxygen atoms in total. The van der Waals surface area contributed by atoms with Crippen LogP contribution in [0.3, 0.4) is 0 Å². The molecule has 2 amide bonds. The van der Waals surface area contributed by atoms with Gasteiger partial charge >= 0.3 is 18.0 Å². The van der Waals surface area contributed by atoms with Crippen molar-refractivity contribution < 1.29 is 28.6 Å². The summed E-state index contributed by atoms with van der Waals surface area (Å²) < 4.78 is 14.6. The highest BCUT2D eigenvalue weighted by Gasteiger charge is 2.26. The number of ether oxygens (including phenoxy) is 3. The van der Waals surface area contributed by atoms with Crippen LogP contribution in [-0.2, 0) is 9.47 Å². The number of methoxy groups -OCH3 is 3. The maximum absolute atomic E-state index is 12.3. The summed E-state index contributed by atoms with van der Waals surface area (Å²) in [5.41, 5.74) is 0.933. The van der Waals surface area contributed by atoms with Crippen molar-refractivity contribution in [2.45, 2.75) is 6.92 Å². The number of nitrogens with one attached hydrogen (secondary N) is 2. The monoisotopic (exact) mass is 378 g/mol. The molecule has 0 aliphatic rings. The number of carbonyl (C=O) groups excluding carboxylic acids is 3. The van der Waals surface area contributed by atoms with Crippen molar-refractivity contribution in [2.75, 3.05) is 32.0 Å². The number of para-hydroxylation sites is 2. The highest BCUT2D eigenvalue weighted by Crippen LogP contribution is 2.34. The topological polar surface area (TPSA) is 103 Å². The van der Waals surface area contributed by atoms with Gasteiger partial charge in [-0.25, -0.2) is 14.4 Å². The Morgan fingerprint density at radius 3 is 2.23 bits per heavy atom. The second kappa shape index (κ2) is 8.34. The molecule has 1 heterocycles. The molecule has 0 aliphatic carbocycles. The Labute approximate surface area is 154 Å². The van der Waals surface area contributed by atoms with Crippen molar-refractivity contribution in [1.29, 1.82) is 0 Å². The summed E-state index contributed by atoms with van der Waals surface area (Å²) >= 11 is 0.933. The van der Waals surface area contributed by atoms with E-state index in [2.05, 4.69) is 10.6 Å². The maximum atomic E-state index is 12.3. The first kappa shape index (κ1) is 19.3. The van der Waals surface area contributed by atoms with E-state index in [1.807, 2.05) is 0 Å². The molecule has 9 heteroatoms. The number of carbonyl (C=O) groups is 3. The minimum absolute atomic E-state index is 0.105. The number of anilines is 2. The van der Waals surface area contributed by atoms with Gasteiger partial charge in [-0.2, -0.15) is 0 Å². The first-order chi connectivity index (χ1) is 12.4. The fraction of sp³-hybridized carbons (Fsp3) is 0.235. The Kier molecular flexibility index (Phi) is 6.18. The molecule has 1 aromatic carbocycles. The third kappa shape index (κ3) is 3.94. The minimum Gasteiger partial charge on any atom is -0.495 e. The first-order valence-corrected chi connectivity index (χ1v) is 8.25. The van der Waals surface area contributed by atoms with E-state index in [1.165, 1.54) is 21.3 Å². The number of rotatable bonds is 5. The number of hydrogen-bond acceptors (Lipinski definition) is 7. The molecule has 2 N–H and O–H groups in total. The predicted octanol–water partition coefficient (Wildman–Crippen LogP) is 3.28. The van der Waals surface area contributed by atoms with E-state index in [0.29, 0.717) is 17.0 Å². The fourth-order valence-electron chi connectivity index (χ4n) is 2.24. The van der Waals surface area contributed by atoms with Crippen LogP contribution >= 0.6 is 11.3 Å². The summed E-state index contributed by atoms with van der Waals surface area (Å²) in [6.07, 6.45) is 0. The van der Waals surface area contributed by atoms with Crippen LogP contribution in [0.2, 0.25) is 0 Å². The van der Waals surface area contributed by atoms with E-state index in [4.69, 9.17) is 14.2 Å². The highest BCUT2D eigenvalue weighted by molar-refractivity contribution is 7.18. The van der Waals surface area contributed by atoms with Gasteiger partial charge in [-0.05, 0) is 24.6 Å². The van der Waals surface area contributed by atoms with Crippen LogP contribution in [0, 0.1) is 6.92 Å². The lowest BCUT2D eigenvalue weighted by Gasteiger charge is -2.11. The van der Waals surface area contributed by atoms with Crippen molar-refractivity contribution in [3.63, 3.8) is 0 Å². The van der Waals surface area contributed by atoms with Crippen LogP contribution in [0.25, 0.3) is 0 Å². The van der Waals surface area contributed by atoms with Crippen LogP contribution in [0.4, 0.5) is 15.5 Å². The molecule has 1 aromatic heterocycles. The molecule has 0 saturated heterocycles. The standard InChI is InChI=1S/C17H18N2O6S/c1-9-12(15(20)24-3)14(26-13(9)16(21)25-4)19-17(22)18-10-7-5-6-8-11(10)23-2/h5-8H,1-4H3,(H2,18,19,22). The van der Waals surface area contributed by atoms with E-state index in [1.54, 1.807) is 31.2 Å². The van der Waals surface area contributed by atoms with Gasteiger partial charge in [-0.1, -0.05) is 12.1 Å². The van der Waals surface area contributed by atoms with Gasteiger partial charge in [0.05, 0.1) is 32.6 Å². The summed E-state index contributed by atoms with van der Waals surface area (Å²) in [5, 5.41) is 5.38. The summed E-state index contributed by atoms with van der Waals surface area (Å²) in [6.45, 7) is 1.58. The Balaban J connectivity index is 2.31. The van der Waals surface area contributed by atoms with Crippen LogP contribution in [0.15, 0.2) is 24.3 Å². The van der Waals surface area contributed by atoms with Crippen molar-refractivity contribution in [1.82, 2.24) is 0 Å². The Morgan fingerprint density at radius 2 is 1.62 bits per heavy atom. The minimum atomic E-state index is -0.665. The third-order valence-corrected chi connectivity index (χ3v) is 4.68. The Bertz CT molecular complexity index is 846. The summed E-state index contributed by atoms with van der Waals surface area (Å²) in [4.78, 5) is 36.5. The molecular formula is C17H18N2O6S. The molecule has 0 aliphatic heterocycles. The normalized spacial score (nSPS) is 10.0. The molecule has 0 spiro atoms. The number of esters is 2. The molecule has 0 saturated carbocycles. The second-order valence-electron chi connectivity index (χ2n) is 5.02. The van der Waals surface area contributed by atoms with E-state index in [9.17, 15) is 14.4 Å². The molecule has 0 radical (unpaired) electrons. The zero-order chi connectivity index (χ0) is 19.3. The van der Waals surface area contributed by atoms with Gasteiger partial charge in [0.25, 0.3) is 0 Å². The van der Waals surface area contributed by atoms with Crippen molar-refractivity contribution in [2.24, 2.45) is 0 Å². The summed E-state index contributed by atoms with van der Waals surface area (Å²) in [6, 6.07) is 6.27. The average Bonchev–Trinajstić information content (AvgIpc) is 2.96. The molecule has 26 heavy (non-hydrogen) atoms. The van der Waals surface area contributed by atoms with E-state index >= 15 is 0 Å². The average molecular weight is 378 g/mol. The van der Waals surface area contributed by atoms with E-state index in [0.717, 1.165) is 11.3 Å². The fourth-order valence-corrected chi connectivity index (χ4v) is 3.35. The van der Waals surface area contributed by atoms with Crippen molar-refractivity contribution in [3.05, 3.63) is 40.3 Å². The van der Waals surface area contributed by atoms with Gasteiger partial charge < -0.3 is 19.5 Å². The first-order valence-electron chi connectivity index (χ1n) is 7.44. The number of amides is 2. The van der Waals surface area contributed by atoms with Crippen LogP contribution in [-0.4, -0.2) is 39.3 Å². The quantitative estimate of drug-likeness (QED) is 0.774. The van der Waals surface area contributed by atoms with Gasteiger partial charge in [-0.15, -0.1) is 11.3 Å². The van der Waals surface area contributed by atoms with Gasteiger partial charge in [0.1, 0.15) is 15.6 Å². The lowest BCUT2D eigenvalue weighted by Crippen LogP contribution is -2.20. The molecule has 0 bridgehead atoms. The van der Waals surface area contributed by atoms with Gasteiger partial charge in [0.2, 0.25) is 0 Å². The zero-order valence-electron chi connectivity index (χ0n) is 14.7. The SMILES string of the molecule is COC(=O)c1sc(NC(=O)Nc2ccccc2OC)c(C(=O)OC)c1C. The van der Waals surface area contributed by atoms with Crippen molar-refractivity contribution in [3.8, 4) is 5.75 Å². The Morgan fingerprint density at radius 1 is 0.962 bits per heavy atom. The number of benzene rings is 1. The highest BCUT2D eigenvalue weighted by atomic mass is 32.1. The van der Waals surface area contributed by atoms with Gasteiger partial charge in [0.15, 0.2) is 0 Å². The Hall–Kier alpha value is -3.07. The molecule has 2 rings (SSSR count). The van der Waals surface area contributed by atoms with E-state index in [-0.39, 0.29) is 15.4 Å². The number of urea groups is 1. The lowest BCUT2D eigenvalue weighted by molar-refractivity contribution is 0.0601. The lowest BCUT2D eigenvalue weighted by atomic mass is 10.1. The second-order valence-corrected chi connectivity index (χ2v) is 6.04. The smallest absolute Gasteiger partial charge is 0.348 e. The number of hydrogen-bond donors (Lipinski definition) is 2. The molecule has 138 valence electrons. The van der Waals surface area contributed by atoms with Crippen LogP contribution in [0.5, 0.6) is 5.75 Å². The molecule has 2 aromatic rings. The summed E-state index contributed by atoms with van der Waals surface area (Å²) in [7, 11) is 3.94. The predicted molar refractivity (Wildman–Crippen MR) is 97.4 cm³/mol. The molecule has 0 unspecified atom stereocenters. The zero-order valence-corrected chi connectivity index (χ0v) is 15.5. The maximum Gasteiger partial charge on any atom is 0.348 e. The largest absolute Gasteiger partial charge is 0.495 e. The molecular weight excluding hydrogens is 360 g/mol. The van der Waals surface area contributed by atoms with Crippen LogP contribution < -0.4 is 15.4 Å². The van der Waals surface area contributed by atoms with Gasteiger partial charge in [-0.3, -0.25) is 5.32 Å². The van der Waals surface area contributed by atoms with Crippen LogP contribution in [0.1, 0.15) is 25.6 Å². The summed E-state index contributed by atoms with van der Waals surface area (Å²) in [5.74, 6) is -0.786. The third-order valence-electron chi connectivity index (χ3n) is 3.49.